The summed E-state index contributed by atoms with van der Waals surface area (Å²) in [5.41, 5.74) is 0.723. The van der Waals surface area contributed by atoms with Crippen molar-refractivity contribution in [3.8, 4) is 5.75 Å². The van der Waals surface area contributed by atoms with Crippen LogP contribution in [0, 0.1) is 0 Å². The summed E-state index contributed by atoms with van der Waals surface area (Å²) >= 11 is 0. The van der Waals surface area contributed by atoms with E-state index in [-0.39, 0.29) is 5.91 Å². The zero-order valence-electron chi connectivity index (χ0n) is 11.5. The third kappa shape index (κ3) is 3.96. The van der Waals surface area contributed by atoms with Gasteiger partial charge in [0.2, 0.25) is 12.3 Å². The van der Waals surface area contributed by atoms with Gasteiger partial charge in [-0.3, -0.25) is 14.5 Å². The molecule has 0 unspecified atom stereocenters. The SMILES string of the molecule is COc1cccc(NC(=O)CN2CCN(C=O)CC2)c1. The van der Waals surface area contributed by atoms with Gasteiger partial charge in [0.25, 0.3) is 0 Å². The minimum Gasteiger partial charge on any atom is -0.497 e. The van der Waals surface area contributed by atoms with E-state index >= 15 is 0 Å². The first-order chi connectivity index (χ1) is 9.71. The maximum Gasteiger partial charge on any atom is 0.238 e. The number of carbonyl (C=O) groups is 2. The number of nitrogens with one attached hydrogen (secondary N) is 1. The molecule has 0 spiro atoms. The largest absolute Gasteiger partial charge is 0.497 e. The monoisotopic (exact) mass is 277 g/mol. The van der Waals surface area contributed by atoms with Crippen LogP contribution in [-0.2, 0) is 9.59 Å². The van der Waals surface area contributed by atoms with E-state index in [4.69, 9.17) is 4.74 Å². The lowest BCUT2D eigenvalue weighted by molar-refractivity contribution is -0.120. The van der Waals surface area contributed by atoms with Crippen molar-refractivity contribution >= 4 is 18.0 Å². The molecule has 2 rings (SSSR count). The number of amides is 2. The topological polar surface area (TPSA) is 61.9 Å². The van der Waals surface area contributed by atoms with Crippen LogP contribution in [0.2, 0.25) is 0 Å². The fourth-order valence-electron chi connectivity index (χ4n) is 2.13. The summed E-state index contributed by atoms with van der Waals surface area (Å²) in [7, 11) is 1.59. The fourth-order valence-corrected chi connectivity index (χ4v) is 2.13. The number of anilines is 1. The third-order valence-corrected chi connectivity index (χ3v) is 3.28. The van der Waals surface area contributed by atoms with Crippen molar-refractivity contribution in [2.24, 2.45) is 0 Å². The zero-order chi connectivity index (χ0) is 14.4. The van der Waals surface area contributed by atoms with Crippen molar-refractivity contribution in [3.63, 3.8) is 0 Å². The van der Waals surface area contributed by atoms with Crippen LogP contribution in [0.4, 0.5) is 5.69 Å². The number of hydrogen-bond donors (Lipinski definition) is 1. The molecular formula is C14H19N3O3. The second-order valence-electron chi connectivity index (χ2n) is 4.70. The minimum atomic E-state index is -0.0576. The van der Waals surface area contributed by atoms with Crippen molar-refractivity contribution in [1.29, 1.82) is 0 Å². The summed E-state index contributed by atoms with van der Waals surface area (Å²) < 4.78 is 5.11. The van der Waals surface area contributed by atoms with Gasteiger partial charge in [-0.25, -0.2) is 0 Å². The fraction of sp³-hybridized carbons (Fsp3) is 0.429. The minimum absolute atomic E-state index is 0.0576. The molecule has 1 heterocycles. The Balaban J connectivity index is 1.82. The number of benzene rings is 1. The van der Waals surface area contributed by atoms with Gasteiger partial charge in [-0.2, -0.15) is 0 Å². The van der Waals surface area contributed by atoms with E-state index in [2.05, 4.69) is 5.32 Å². The Morgan fingerprint density at radius 1 is 1.35 bits per heavy atom. The highest BCUT2D eigenvalue weighted by atomic mass is 16.5. The van der Waals surface area contributed by atoms with Crippen LogP contribution < -0.4 is 10.1 Å². The maximum absolute atomic E-state index is 12.0. The molecule has 0 bridgehead atoms. The Labute approximate surface area is 118 Å². The van der Waals surface area contributed by atoms with Gasteiger partial charge in [-0.05, 0) is 12.1 Å². The second kappa shape index (κ2) is 6.91. The zero-order valence-corrected chi connectivity index (χ0v) is 11.5. The van der Waals surface area contributed by atoms with Gasteiger partial charge in [0.1, 0.15) is 5.75 Å². The van der Waals surface area contributed by atoms with Crippen LogP contribution in [0.25, 0.3) is 0 Å². The summed E-state index contributed by atoms with van der Waals surface area (Å²) in [5.74, 6) is 0.653. The molecule has 1 aliphatic heterocycles. The Hall–Kier alpha value is -2.08. The van der Waals surface area contributed by atoms with Gasteiger partial charge in [-0.1, -0.05) is 6.07 Å². The summed E-state index contributed by atoms with van der Waals surface area (Å²) in [6, 6.07) is 7.26. The summed E-state index contributed by atoms with van der Waals surface area (Å²) in [4.78, 5) is 26.3. The Morgan fingerprint density at radius 2 is 2.10 bits per heavy atom. The van der Waals surface area contributed by atoms with E-state index in [0.717, 1.165) is 25.2 Å². The summed E-state index contributed by atoms with van der Waals surface area (Å²) in [6.07, 6.45) is 0.855. The molecule has 1 aliphatic rings. The van der Waals surface area contributed by atoms with Crippen molar-refractivity contribution < 1.29 is 14.3 Å². The summed E-state index contributed by atoms with van der Waals surface area (Å²) in [5, 5.41) is 2.85. The quantitative estimate of drug-likeness (QED) is 0.792. The molecule has 6 nitrogen and oxygen atoms in total. The Morgan fingerprint density at radius 3 is 2.75 bits per heavy atom. The number of nitrogens with zero attached hydrogens (tertiary/aromatic N) is 2. The molecule has 1 N–H and O–H groups in total. The lowest BCUT2D eigenvalue weighted by Gasteiger charge is -2.31. The maximum atomic E-state index is 12.0. The molecule has 0 aliphatic carbocycles. The molecule has 0 saturated carbocycles. The van der Waals surface area contributed by atoms with E-state index in [1.54, 1.807) is 18.1 Å². The van der Waals surface area contributed by atoms with Gasteiger partial charge in [-0.15, -0.1) is 0 Å². The lowest BCUT2D eigenvalue weighted by Crippen LogP contribution is -2.48. The molecule has 108 valence electrons. The Kier molecular flexibility index (Phi) is 4.95. The average molecular weight is 277 g/mol. The standard InChI is InChI=1S/C14H19N3O3/c1-20-13-4-2-3-12(9-13)15-14(19)10-16-5-7-17(11-18)8-6-16/h2-4,9,11H,5-8,10H2,1H3,(H,15,19). The normalized spacial score (nSPS) is 15.8. The van der Waals surface area contributed by atoms with E-state index in [9.17, 15) is 9.59 Å². The van der Waals surface area contributed by atoms with Crippen LogP contribution in [0.5, 0.6) is 5.75 Å². The van der Waals surface area contributed by atoms with Crippen molar-refractivity contribution in [1.82, 2.24) is 9.80 Å². The van der Waals surface area contributed by atoms with Crippen LogP contribution >= 0.6 is 0 Å². The number of hydrogen-bond acceptors (Lipinski definition) is 4. The first-order valence-electron chi connectivity index (χ1n) is 6.57. The predicted molar refractivity (Wildman–Crippen MR) is 75.7 cm³/mol. The van der Waals surface area contributed by atoms with Crippen LogP contribution in [0.1, 0.15) is 0 Å². The number of rotatable bonds is 5. The van der Waals surface area contributed by atoms with E-state index in [1.807, 2.05) is 23.1 Å². The van der Waals surface area contributed by atoms with Gasteiger partial charge >= 0.3 is 0 Å². The first-order valence-corrected chi connectivity index (χ1v) is 6.57. The smallest absolute Gasteiger partial charge is 0.238 e. The highest BCUT2D eigenvalue weighted by Crippen LogP contribution is 2.16. The van der Waals surface area contributed by atoms with Crippen molar-refractivity contribution in [3.05, 3.63) is 24.3 Å². The molecule has 0 radical (unpaired) electrons. The third-order valence-electron chi connectivity index (χ3n) is 3.28. The van der Waals surface area contributed by atoms with Crippen LogP contribution in [-0.4, -0.2) is 62.0 Å². The summed E-state index contributed by atoms with van der Waals surface area (Å²) in [6.45, 7) is 3.14. The first kappa shape index (κ1) is 14.3. The molecule has 20 heavy (non-hydrogen) atoms. The van der Waals surface area contributed by atoms with Gasteiger partial charge in [0, 0.05) is 37.9 Å². The van der Waals surface area contributed by atoms with Gasteiger partial charge in [0.05, 0.1) is 13.7 Å². The highest BCUT2D eigenvalue weighted by Gasteiger charge is 2.17. The molecule has 0 aromatic heterocycles. The number of piperazine rings is 1. The number of methoxy groups -OCH3 is 1. The predicted octanol–water partition coefficient (Wildman–Crippen LogP) is 0.408. The number of carbonyl (C=O) groups excluding carboxylic acids is 2. The molecule has 1 saturated heterocycles. The molecule has 0 atom stereocenters. The molecule has 2 amide bonds. The molecular weight excluding hydrogens is 258 g/mol. The second-order valence-corrected chi connectivity index (χ2v) is 4.70. The molecule has 1 aromatic rings. The van der Waals surface area contributed by atoms with E-state index in [1.165, 1.54) is 0 Å². The molecule has 1 aromatic carbocycles. The van der Waals surface area contributed by atoms with Crippen LogP contribution in [0.15, 0.2) is 24.3 Å². The number of ether oxygens (including phenoxy) is 1. The Bertz CT molecular complexity index is 470. The van der Waals surface area contributed by atoms with Gasteiger partial charge < -0.3 is 15.0 Å². The molecule has 6 heteroatoms. The van der Waals surface area contributed by atoms with E-state index < -0.39 is 0 Å². The van der Waals surface area contributed by atoms with Gasteiger partial charge in [0.15, 0.2) is 0 Å². The highest BCUT2D eigenvalue weighted by molar-refractivity contribution is 5.92. The van der Waals surface area contributed by atoms with Crippen molar-refractivity contribution in [2.75, 3.05) is 45.2 Å². The van der Waals surface area contributed by atoms with Crippen molar-refractivity contribution in [2.45, 2.75) is 0 Å². The van der Waals surface area contributed by atoms with Crippen LogP contribution in [0.3, 0.4) is 0 Å². The average Bonchev–Trinajstić information content (AvgIpc) is 2.48. The molecule has 1 fully saturated rings. The lowest BCUT2D eigenvalue weighted by atomic mass is 10.3. The van der Waals surface area contributed by atoms with E-state index in [0.29, 0.717) is 25.4 Å².